The zero-order valence-electron chi connectivity index (χ0n) is 13.3. The first-order chi connectivity index (χ1) is 10.7. The lowest BCUT2D eigenvalue weighted by molar-refractivity contribution is -0.124. The van der Waals surface area contributed by atoms with E-state index in [-0.39, 0.29) is 17.8 Å². The molecular weight excluding hydrogens is 276 g/mol. The van der Waals surface area contributed by atoms with Gasteiger partial charge in [-0.25, -0.2) is 4.99 Å². The summed E-state index contributed by atoms with van der Waals surface area (Å²) in [7, 11) is 0. The van der Waals surface area contributed by atoms with E-state index in [9.17, 15) is 4.79 Å². The molecule has 2 rings (SSSR count). The van der Waals surface area contributed by atoms with E-state index >= 15 is 0 Å². The van der Waals surface area contributed by atoms with Crippen molar-refractivity contribution < 1.29 is 4.79 Å². The minimum atomic E-state index is -0.199. The van der Waals surface area contributed by atoms with Gasteiger partial charge in [-0.1, -0.05) is 37.3 Å². The molecule has 22 heavy (non-hydrogen) atoms. The monoisotopic (exact) mass is 300 g/mol. The fourth-order valence-electron chi connectivity index (χ4n) is 2.60. The van der Waals surface area contributed by atoms with Gasteiger partial charge in [-0.3, -0.25) is 9.79 Å². The maximum absolute atomic E-state index is 12.2. The van der Waals surface area contributed by atoms with Crippen LogP contribution in [0.15, 0.2) is 40.3 Å². The van der Waals surface area contributed by atoms with E-state index in [0.717, 1.165) is 19.3 Å². The average Bonchev–Trinajstić information content (AvgIpc) is 3.01. The third-order valence-corrected chi connectivity index (χ3v) is 3.76. The van der Waals surface area contributed by atoms with Gasteiger partial charge in [-0.05, 0) is 25.3 Å². The Bertz CT molecular complexity index is 565. The lowest BCUT2D eigenvalue weighted by atomic mass is 10.1. The van der Waals surface area contributed by atoms with Crippen molar-refractivity contribution in [2.75, 3.05) is 13.1 Å². The molecule has 118 valence electrons. The maximum atomic E-state index is 12.2. The van der Waals surface area contributed by atoms with Crippen LogP contribution in [0.3, 0.4) is 0 Å². The summed E-state index contributed by atoms with van der Waals surface area (Å²) < 4.78 is 0. The van der Waals surface area contributed by atoms with Gasteiger partial charge in [0.1, 0.15) is 5.84 Å². The Kier molecular flexibility index (Phi) is 5.69. The number of benzene rings is 1. The summed E-state index contributed by atoms with van der Waals surface area (Å²) in [4.78, 5) is 22.8. The van der Waals surface area contributed by atoms with Crippen LogP contribution in [0.2, 0.25) is 0 Å². The van der Waals surface area contributed by atoms with Crippen LogP contribution < -0.4 is 5.73 Å². The molecule has 0 aliphatic carbocycles. The Morgan fingerprint density at radius 2 is 2.09 bits per heavy atom. The highest BCUT2D eigenvalue weighted by Crippen LogP contribution is 2.28. The first-order valence-electron chi connectivity index (χ1n) is 7.90. The summed E-state index contributed by atoms with van der Waals surface area (Å²) in [6.07, 6.45) is 2.58. The molecule has 0 saturated heterocycles. The number of carbonyl (C=O) groups is 1. The maximum Gasteiger partial charge on any atom is 0.289 e. The van der Waals surface area contributed by atoms with Crippen LogP contribution in [0.4, 0.5) is 0 Å². The Hall–Kier alpha value is -2.17. The normalized spacial score (nSPS) is 18.2. The predicted octanol–water partition coefficient (Wildman–Crippen LogP) is 2.54. The molecule has 1 heterocycles. The van der Waals surface area contributed by atoms with E-state index in [2.05, 4.69) is 22.1 Å². The number of amidine groups is 2. The van der Waals surface area contributed by atoms with Crippen LogP contribution in [0.25, 0.3) is 0 Å². The minimum Gasteiger partial charge on any atom is -0.379 e. The highest BCUT2D eigenvalue weighted by molar-refractivity contribution is 6.38. The Morgan fingerprint density at radius 3 is 2.73 bits per heavy atom. The van der Waals surface area contributed by atoms with Gasteiger partial charge >= 0.3 is 0 Å². The van der Waals surface area contributed by atoms with Gasteiger partial charge in [-0.15, -0.1) is 0 Å². The van der Waals surface area contributed by atoms with Crippen LogP contribution >= 0.6 is 0 Å². The summed E-state index contributed by atoms with van der Waals surface area (Å²) >= 11 is 0. The van der Waals surface area contributed by atoms with Crippen LogP contribution in [-0.4, -0.2) is 35.6 Å². The molecule has 5 heteroatoms. The molecule has 1 atom stereocenters. The van der Waals surface area contributed by atoms with E-state index in [4.69, 9.17) is 5.73 Å². The molecule has 2 N–H and O–H groups in total. The zero-order chi connectivity index (χ0) is 15.9. The first-order valence-corrected chi connectivity index (χ1v) is 7.90. The van der Waals surface area contributed by atoms with Crippen LogP contribution in [-0.2, 0) is 4.79 Å². The van der Waals surface area contributed by atoms with Crippen LogP contribution in [0, 0.1) is 0 Å². The van der Waals surface area contributed by atoms with E-state index in [1.165, 1.54) is 5.56 Å². The summed E-state index contributed by atoms with van der Waals surface area (Å²) in [5.74, 6) is 0.519. The molecule has 0 radical (unpaired) electrons. The quantitative estimate of drug-likeness (QED) is 0.685. The van der Waals surface area contributed by atoms with Crippen molar-refractivity contribution in [3.8, 4) is 0 Å². The zero-order valence-corrected chi connectivity index (χ0v) is 13.3. The molecule has 1 unspecified atom stereocenters. The second kappa shape index (κ2) is 7.73. The SMILES string of the molecule is CCCN(CC)C(=O)C(N)=NC1=NC(c2ccccc2)CC1. The largest absolute Gasteiger partial charge is 0.379 e. The van der Waals surface area contributed by atoms with Crippen molar-refractivity contribution >= 4 is 17.6 Å². The van der Waals surface area contributed by atoms with E-state index in [0.29, 0.717) is 18.9 Å². The second-order valence-corrected chi connectivity index (χ2v) is 5.39. The van der Waals surface area contributed by atoms with Crippen molar-refractivity contribution in [1.82, 2.24) is 4.90 Å². The second-order valence-electron chi connectivity index (χ2n) is 5.39. The summed E-state index contributed by atoms with van der Waals surface area (Å²) in [5, 5.41) is 0. The molecule has 1 aliphatic heterocycles. The van der Waals surface area contributed by atoms with Crippen molar-refractivity contribution in [1.29, 1.82) is 0 Å². The Balaban J connectivity index is 2.07. The van der Waals surface area contributed by atoms with Gasteiger partial charge in [0.25, 0.3) is 5.91 Å². The minimum absolute atomic E-state index is 0.0442. The number of aliphatic imine (C=N–C) groups is 2. The standard InChI is InChI=1S/C17H24N4O/c1-3-12-21(4-2)17(22)16(18)20-15-11-10-14(19-15)13-8-6-5-7-9-13/h5-9,14H,3-4,10-12H2,1-2H3,(H2,18,19,20). The van der Waals surface area contributed by atoms with Crippen molar-refractivity contribution in [3.63, 3.8) is 0 Å². The number of nitrogens with two attached hydrogens (primary N) is 1. The number of nitrogens with zero attached hydrogens (tertiary/aromatic N) is 3. The number of likely N-dealkylation sites (N-methyl/N-ethyl adjacent to an activating group) is 1. The fourth-order valence-corrected chi connectivity index (χ4v) is 2.60. The lowest BCUT2D eigenvalue weighted by Gasteiger charge is -2.19. The number of amides is 1. The summed E-state index contributed by atoms with van der Waals surface area (Å²) in [6, 6.07) is 10.3. The molecule has 0 spiro atoms. The van der Waals surface area contributed by atoms with Crippen molar-refractivity contribution in [3.05, 3.63) is 35.9 Å². The van der Waals surface area contributed by atoms with Gasteiger partial charge in [0.05, 0.1) is 6.04 Å². The van der Waals surface area contributed by atoms with Crippen molar-refractivity contribution in [2.45, 2.75) is 39.2 Å². The van der Waals surface area contributed by atoms with Gasteiger partial charge in [-0.2, -0.15) is 0 Å². The third kappa shape index (κ3) is 3.93. The van der Waals surface area contributed by atoms with E-state index < -0.39 is 0 Å². The predicted molar refractivity (Wildman–Crippen MR) is 90.0 cm³/mol. The molecule has 0 saturated carbocycles. The van der Waals surface area contributed by atoms with E-state index in [1.807, 2.05) is 32.0 Å². The third-order valence-electron chi connectivity index (χ3n) is 3.76. The van der Waals surface area contributed by atoms with Gasteiger partial charge in [0.2, 0.25) is 0 Å². The van der Waals surface area contributed by atoms with Crippen LogP contribution in [0.1, 0.15) is 44.7 Å². The highest BCUT2D eigenvalue weighted by atomic mass is 16.2. The number of carbonyl (C=O) groups excluding carboxylic acids is 1. The number of hydrogen-bond donors (Lipinski definition) is 1. The Labute approximate surface area is 131 Å². The highest BCUT2D eigenvalue weighted by Gasteiger charge is 2.21. The topological polar surface area (TPSA) is 71.0 Å². The molecule has 1 aromatic carbocycles. The molecule has 5 nitrogen and oxygen atoms in total. The van der Waals surface area contributed by atoms with Crippen molar-refractivity contribution in [2.24, 2.45) is 15.7 Å². The van der Waals surface area contributed by atoms with Gasteiger partial charge < -0.3 is 10.6 Å². The molecule has 0 fully saturated rings. The van der Waals surface area contributed by atoms with Gasteiger partial charge in [0, 0.05) is 19.5 Å². The van der Waals surface area contributed by atoms with E-state index in [1.54, 1.807) is 4.90 Å². The lowest BCUT2D eigenvalue weighted by Crippen LogP contribution is -2.41. The average molecular weight is 300 g/mol. The molecule has 1 aliphatic rings. The molecular formula is C17H24N4O. The van der Waals surface area contributed by atoms with Crippen LogP contribution in [0.5, 0.6) is 0 Å². The molecule has 1 amide bonds. The molecule has 0 bridgehead atoms. The number of rotatable bonds is 4. The fraction of sp³-hybridized carbons (Fsp3) is 0.471. The summed E-state index contributed by atoms with van der Waals surface area (Å²) in [5.41, 5.74) is 7.05. The number of hydrogen-bond acceptors (Lipinski definition) is 3. The first kappa shape index (κ1) is 16.2. The smallest absolute Gasteiger partial charge is 0.289 e. The van der Waals surface area contributed by atoms with Gasteiger partial charge in [0.15, 0.2) is 5.84 Å². The summed E-state index contributed by atoms with van der Waals surface area (Å²) in [6.45, 7) is 5.32. The molecule has 1 aromatic rings. The Morgan fingerprint density at radius 1 is 1.36 bits per heavy atom. The molecule has 0 aromatic heterocycles.